The van der Waals surface area contributed by atoms with Gasteiger partial charge in [0.15, 0.2) is 0 Å². The lowest BCUT2D eigenvalue weighted by Crippen LogP contribution is -2.38. The number of likely N-dealkylation sites (tertiary alicyclic amines) is 1. The molecule has 6 nitrogen and oxygen atoms in total. The van der Waals surface area contributed by atoms with Gasteiger partial charge in [-0.2, -0.15) is 0 Å². The maximum Gasteiger partial charge on any atom is 0.253 e. The van der Waals surface area contributed by atoms with Crippen molar-refractivity contribution in [1.29, 1.82) is 0 Å². The normalized spacial score (nSPS) is 17.9. The van der Waals surface area contributed by atoms with Gasteiger partial charge < -0.3 is 20.0 Å². The third-order valence-corrected chi connectivity index (χ3v) is 4.43. The third kappa shape index (κ3) is 4.48. The molecule has 0 radical (unpaired) electrons. The molecule has 6 heteroatoms. The second kappa shape index (κ2) is 7.98. The van der Waals surface area contributed by atoms with E-state index in [4.69, 9.17) is 4.42 Å². The van der Waals surface area contributed by atoms with Gasteiger partial charge in [-0.15, -0.1) is 0 Å². The van der Waals surface area contributed by atoms with Crippen LogP contribution < -0.4 is 10.6 Å². The molecule has 0 aliphatic carbocycles. The Morgan fingerprint density at radius 1 is 1.24 bits per heavy atom. The largest absolute Gasteiger partial charge is 0.467 e. The molecule has 25 heavy (non-hydrogen) atoms. The SMILES string of the molecule is CN1CCC[C@H](C(=O)Nc2ccccc2C(=O)NCc2ccco2)C1. The summed E-state index contributed by atoms with van der Waals surface area (Å²) in [5.41, 5.74) is 0.990. The van der Waals surface area contributed by atoms with Crippen molar-refractivity contribution in [2.75, 3.05) is 25.5 Å². The Morgan fingerprint density at radius 2 is 2.08 bits per heavy atom. The lowest BCUT2D eigenvalue weighted by atomic mass is 9.97. The number of furan rings is 1. The lowest BCUT2D eigenvalue weighted by Gasteiger charge is -2.28. The molecule has 1 aliphatic heterocycles. The van der Waals surface area contributed by atoms with E-state index in [2.05, 4.69) is 15.5 Å². The van der Waals surface area contributed by atoms with Crippen molar-refractivity contribution in [3.8, 4) is 0 Å². The van der Waals surface area contributed by atoms with Gasteiger partial charge >= 0.3 is 0 Å². The molecule has 1 aromatic carbocycles. The van der Waals surface area contributed by atoms with E-state index in [1.807, 2.05) is 13.1 Å². The fraction of sp³-hybridized carbons (Fsp3) is 0.368. The molecule has 2 aromatic rings. The number of rotatable bonds is 5. The van der Waals surface area contributed by atoms with Crippen molar-refractivity contribution in [3.63, 3.8) is 0 Å². The fourth-order valence-electron chi connectivity index (χ4n) is 3.08. The van der Waals surface area contributed by atoms with E-state index in [0.29, 0.717) is 23.6 Å². The Hall–Kier alpha value is -2.60. The summed E-state index contributed by atoms with van der Waals surface area (Å²) in [7, 11) is 2.02. The van der Waals surface area contributed by atoms with Gasteiger partial charge in [0.2, 0.25) is 5.91 Å². The second-order valence-corrected chi connectivity index (χ2v) is 6.40. The van der Waals surface area contributed by atoms with E-state index >= 15 is 0 Å². The zero-order valence-corrected chi connectivity index (χ0v) is 14.3. The first-order chi connectivity index (χ1) is 12.1. The van der Waals surface area contributed by atoms with Crippen LogP contribution in [0.2, 0.25) is 0 Å². The summed E-state index contributed by atoms with van der Waals surface area (Å²) in [6.07, 6.45) is 3.46. The molecule has 3 rings (SSSR count). The number of carbonyl (C=O) groups is 2. The minimum Gasteiger partial charge on any atom is -0.467 e. The molecule has 1 aromatic heterocycles. The van der Waals surface area contributed by atoms with Crippen LogP contribution in [0, 0.1) is 5.92 Å². The first-order valence-corrected chi connectivity index (χ1v) is 8.52. The van der Waals surface area contributed by atoms with E-state index in [1.54, 1.807) is 36.6 Å². The Labute approximate surface area is 147 Å². The molecule has 2 N–H and O–H groups in total. The number of anilines is 1. The summed E-state index contributed by atoms with van der Waals surface area (Å²) >= 11 is 0. The van der Waals surface area contributed by atoms with Crippen molar-refractivity contribution in [2.24, 2.45) is 5.92 Å². The van der Waals surface area contributed by atoms with Crippen LogP contribution in [0.15, 0.2) is 47.1 Å². The summed E-state index contributed by atoms with van der Waals surface area (Å²) < 4.78 is 5.21. The minimum atomic E-state index is -0.243. The highest BCUT2D eigenvalue weighted by molar-refractivity contribution is 6.04. The topological polar surface area (TPSA) is 74.6 Å². The van der Waals surface area contributed by atoms with Gasteiger partial charge in [-0.3, -0.25) is 9.59 Å². The molecule has 0 spiro atoms. The summed E-state index contributed by atoms with van der Waals surface area (Å²) in [4.78, 5) is 27.2. The van der Waals surface area contributed by atoms with E-state index in [1.165, 1.54) is 0 Å². The predicted molar refractivity (Wildman–Crippen MR) is 95.2 cm³/mol. The molecule has 2 amide bonds. The number of nitrogens with zero attached hydrogens (tertiary/aromatic N) is 1. The fourth-order valence-corrected chi connectivity index (χ4v) is 3.08. The highest BCUT2D eigenvalue weighted by Crippen LogP contribution is 2.20. The average molecular weight is 341 g/mol. The third-order valence-electron chi connectivity index (χ3n) is 4.43. The van der Waals surface area contributed by atoms with E-state index in [9.17, 15) is 9.59 Å². The van der Waals surface area contributed by atoms with Gasteiger partial charge in [0.05, 0.1) is 30.0 Å². The molecule has 1 aliphatic rings. The first-order valence-electron chi connectivity index (χ1n) is 8.52. The zero-order chi connectivity index (χ0) is 17.6. The predicted octanol–water partition coefficient (Wildman–Crippen LogP) is 2.49. The monoisotopic (exact) mass is 341 g/mol. The van der Waals surface area contributed by atoms with Crippen LogP contribution in [0.25, 0.3) is 0 Å². The summed E-state index contributed by atoms with van der Waals surface area (Å²) in [6, 6.07) is 10.6. The van der Waals surface area contributed by atoms with Gasteiger partial charge in [-0.05, 0) is 50.7 Å². The van der Waals surface area contributed by atoms with Crippen LogP contribution >= 0.6 is 0 Å². The molecule has 1 saturated heterocycles. The molecular formula is C19H23N3O3. The molecule has 0 unspecified atom stereocenters. The van der Waals surface area contributed by atoms with E-state index in [0.717, 1.165) is 25.9 Å². The Kier molecular flexibility index (Phi) is 5.50. The quantitative estimate of drug-likeness (QED) is 0.876. The van der Waals surface area contributed by atoms with Crippen molar-refractivity contribution < 1.29 is 14.0 Å². The smallest absolute Gasteiger partial charge is 0.253 e. The van der Waals surface area contributed by atoms with E-state index in [-0.39, 0.29) is 17.7 Å². The molecule has 1 atom stereocenters. The maximum absolute atomic E-state index is 12.5. The maximum atomic E-state index is 12.5. The summed E-state index contributed by atoms with van der Waals surface area (Å²) in [5.74, 6) is 0.365. The number of nitrogens with one attached hydrogen (secondary N) is 2. The van der Waals surface area contributed by atoms with Crippen LogP contribution in [0.1, 0.15) is 29.0 Å². The summed E-state index contributed by atoms with van der Waals surface area (Å²) in [5, 5.41) is 5.73. The van der Waals surface area contributed by atoms with E-state index < -0.39 is 0 Å². The number of piperidine rings is 1. The molecule has 0 saturated carbocycles. The number of carbonyl (C=O) groups excluding carboxylic acids is 2. The number of hydrogen-bond acceptors (Lipinski definition) is 4. The van der Waals surface area contributed by atoms with Crippen molar-refractivity contribution in [3.05, 3.63) is 54.0 Å². The van der Waals surface area contributed by atoms with Crippen molar-refractivity contribution in [1.82, 2.24) is 10.2 Å². The zero-order valence-electron chi connectivity index (χ0n) is 14.3. The van der Waals surface area contributed by atoms with Crippen molar-refractivity contribution in [2.45, 2.75) is 19.4 Å². The molecule has 1 fully saturated rings. The van der Waals surface area contributed by atoms with Gasteiger partial charge in [-0.25, -0.2) is 0 Å². The number of hydrogen-bond donors (Lipinski definition) is 2. The molecule has 132 valence electrons. The Balaban J connectivity index is 1.65. The number of amides is 2. The molecule has 0 bridgehead atoms. The standard InChI is InChI=1S/C19H23N3O3/c1-22-10-4-6-14(13-22)18(23)21-17-9-3-2-8-16(17)19(24)20-12-15-7-5-11-25-15/h2-3,5,7-9,11,14H,4,6,10,12-13H2,1H3,(H,20,24)(H,21,23)/t14-/m0/s1. The van der Waals surface area contributed by atoms with Crippen LogP contribution in [-0.2, 0) is 11.3 Å². The van der Waals surface area contributed by atoms with Gasteiger partial charge in [-0.1, -0.05) is 12.1 Å². The van der Waals surface area contributed by atoms with Gasteiger partial charge in [0.25, 0.3) is 5.91 Å². The number of benzene rings is 1. The Morgan fingerprint density at radius 3 is 2.84 bits per heavy atom. The summed E-state index contributed by atoms with van der Waals surface area (Å²) in [6.45, 7) is 2.08. The number of para-hydroxylation sites is 1. The molecule has 2 heterocycles. The van der Waals surface area contributed by atoms with Crippen LogP contribution in [0.5, 0.6) is 0 Å². The van der Waals surface area contributed by atoms with Crippen LogP contribution in [0.4, 0.5) is 5.69 Å². The van der Waals surface area contributed by atoms with Crippen LogP contribution in [-0.4, -0.2) is 36.9 Å². The lowest BCUT2D eigenvalue weighted by molar-refractivity contribution is -0.121. The molecular weight excluding hydrogens is 318 g/mol. The minimum absolute atomic E-state index is 0.0298. The van der Waals surface area contributed by atoms with Crippen LogP contribution in [0.3, 0.4) is 0 Å². The van der Waals surface area contributed by atoms with Gasteiger partial charge in [0, 0.05) is 6.54 Å². The highest BCUT2D eigenvalue weighted by atomic mass is 16.3. The van der Waals surface area contributed by atoms with Crippen molar-refractivity contribution >= 4 is 17.5 Å². The second-order valence-electron chi connectivity index (χ2n) is 6.40. The Bertz CT molecular complexity index is 727. The highest BCUT2D eigenvalue weighted by Gasteiger charge is 2.25. The van der Waals surface area contributed by atoms with Gasteiger partial charge in [0.1, 0.15) is 5.76 Å². The average Bonchev–Trinajstić information content (AvgIpc) is 3.13. The first kappa shape index (κ1) is 17.2.